The fourth-order valence-corrected chi connectivity index (χ4v) is 6.44. The smallest absolute Gasteiger partial charge is 0.230 e. The first-order valence-electron chi connectivity index (χ1n) is 8.39. The number of benzene rings is 1. The van der Waals surface area contributed by atoms with Crippen molar-refractivity contribution in [2.75, 3.05) is 24.7 Å². The molecule has 2 aromatic rings. The number of amides is 1. The highest BCUT2D eigenvalue weighted by Crippen LogP contribution is 2.29. The molecule has 3 rings (SSSR count). The standard InChI is InChI=1S/C16H18Cl2N4O3S3/c1-26-16-21-20-15(27-16)19-14(23)10-4-3-7-22(8-10)28(24,25)9-11-12(17)5-2-6-13(11)18/h2,5-6,10H,3-4,7-9H2,1H3,(H,19,20,23)/t10-/m1/s1. The number of thioether (sulfide) groups is 1. The third-order valence-corrected chi connectivity index (χ3v) is 8.64. The number of rotatable bonds is 6. The van der Waals surface area contributed by atoms with E-state index in [9.17, 15) is 13.2 Å². The van der Waals surface area contributed by atoms with Gasteiger partial charge in [-0.3, -0.25) is 4.79 Å². The highest BCUT2D eigenvalue weighted by atomic mass is 35.5. The summed E-state index contributed by atoms with van der Waals surface area (Å²) in [6, 6.07) is 4.88. The number of hydrogen-bond donors (Lipinski definition) is 1. The minimum Gasteiger partial charge on any atom is -0.300 e. The van der Waals surface area contributed by atoms with Crippen molar-refractivity contribution in [3.05, 3.63) is 33.8 Å². The summed E-state index contributed by atoms with van der Waals surface area (Å²) in [5.74, 6) is -1.00. The number of piperidine rings is 1. The Morgan fingerprint density at radius 2 is 2.07 bits per heavy atom. The molecule has 1 amide bonds. The van der Waals surface area contributed by atoms with Crippen molar-refractivity contribution in [1.29, 1.82) is 0 Å². The van der Waals surface area contributed by atoms with Crippen LogP contribution in [0.1, 0.15) is 18.4 Å². The molecule has 1 aliphatic rings. The SMILES string of the molecule is CSc1nnc(NC(=O)[C@@H]2CCCN(S(=O)(=O)Cc3c(Cl)cccc3Cl)C2)s1. The van der Waals surface area contributed by atoms with E-state index in [1.54, 1.807) is 18.2 Å². The second kappa shape index (κ2) is 9.27. The van der Waals surface area contributed by atoms with Crippen molar-refractivity contribution >= 4 is 67.4 Å². The molecular formula is C16H18Cl2N4O3S3. The van der Waals surface area contributed by atoms with Gasteiger partial charge in [-0.25, -0.2) is 12.7 Å². The predicted molar refractivity (Wildman–Crippen MR) is 114 cm³/mol. The van der Waals surface area contributed by atoms with Crippen LogP contribution in [0.15, 0.2) is 22.5 Å². The van der Waals surface area contributed by atoms with Gasteiger partial charge in [0, 0.05) is 28.7 Å². The summed E-state index contributed by atoms with van der Waals surface area (Å²) in [4.78, 5) is 12.6. The maximum absolute atomic E-state index is 12.9. The van der Waals surface area contributed by atoms with Crippen molar-refractivity contribution in [3.63, 3.8) is 0 Å². The molecule has 0 bridgehead atoms. The quantitative estimate of drug-likeness (QED) is 0.499. The molecule has 1 N–H and O–H groups in total. The molecule has 0 aliphatic carbocycles. The molecule has 1 atom stereocenters. The van der Waals surface area contributed by atoms with E-state index >= 15 is 0 Å². The van der Waals surface area contributed by atoms with Crippen LogP contribution in [0.5, 0.6) is 0 Å². The lowest BCUT2D eigenvalue weighted by Crippen LogP contribution is -2.44. The molecule has 0 spiro atoms. The van der Waals surface area contributed by atoms with Crippen LogP contribution in [0.4, 0.5) is 5.13 Å². The summed E-state index contributed by atoms with van der Waals surface area (Å²) < 4.78 is 27.9. The first-order chi connectivity index (χ1) is 13.3. The topological polar surface area (TPSA) is 92.3 Å². The lowest BCUT2D eigenvalue weighted by molar-refractivity contribution is -0.120. The van der Waals surface area contributed by atoms with E-state index in [-0.39, 0.29) is 18.2 Å². The van der Waals surface area contributed by atoms with Crippen molar-refractivity contribution in [2.45, 2.75) is 22.9 Å². The average molecular weight is 481 g/mol. The molecule has 0 saturated carbocycles. The molecule has 152 valence electrons. The Hall–Kier alpha value is -0.910. The minimum atomic E-state index is -3.66. The Morgan fingerprint density at radius 1 is 1.36 bits per heavy atom. The minimum absolute atomic E-state index is 0.116. The highest BCUT2D eigenvalue weighted by Gasteiger charge is 2.33. The number of hydrogen-bond acceptors (Lipinski definition) is 7. The van der Waals surface area contributed by atoms with Gasteiger partial charge in [0.25, 0.3) is 0 Å². The van der Waals surface area contributed by atoms with Gasteiger partial charge in [-0.05, 0) is 31.2 Å². The Balaban J connectivity index is 1.68. The normalized spacial score (nSPS) is 18.2. The number of nitrogens with one attached hydrogen (secondary N) is 1. The lowest BCUT2D eigenvalue weighted by atomic mass is 9.99. The molecule has 1 fully saturated rings. The van der Waals surface area contributed by atoms with Crippen molar-refractivity contribution in [1.82, 2.24) is 14.5 Å². The Kier molecular flexibility index (Phi) is 7.21. The Morgan fingerprint density at radius 3 is 2.71 bits per heavy atom. The van der Waals surface area contributed by atoms with Crippen LogP contribution in [0.3, 0.4) is 0 Å². The third kappa shape index (κ3) is 5.17. The number of halogens is 2. The van der Waals surface area contributed by atoms with Gasteiger partial charge in [0.05, 0.1) is 11.7 Å². The van der Waals surface area contributed by atoms with Gasteiger partial charge in [0.2, 0.25) is 21.1 Å². The molecule has 28 heavy (non-hydrogen) atoms. The van der Waals surface area contributed by atoms with Crippen molar-refractivity contribution < 1.29 is 13.2 Å². The second-order valence-corrected chi connectivity index (χ2v) is 11.0. The number of carbonyl (C=O) groups is 1. The summed E-state index contributed by atoms with van der Waals surface area (Å²) >= 11 is 15.0. The van der Waals surface area contributed by atoms with Crippen molar-refractivity contribution in [3.8, 4) is 0 Å². The van der Waals surface area contributed by atoms with E-state index in [1.165, 1.54) is 27.4 Å². The van der Waals surface area contributed by atoms with E-state index in [1.807, 2.05) is 6.26 Å². The van der Waals surface area contributed by atoms with Gasteiger partial charge in [0.1, 0.15) is 0 Å². The summed E-state index contributed by atoms with van der Waals surface area (Å²) in [5, 5.41) is 11.6. The summed E-state index contributed by atoms with van der Waals surface area (Å²) in [6.45, 7) is 0.480. The zero-order valence-corrected chi connectivity index (χ0v) is 18.9. The molecule has 1 aliphatic heterocycles. The van der Waals surface area contributed by atoms with Gasteiger partial charge >= 0.3 is 0 Å². The molecule has 1 saturated heterocycles. The van der Waals surface area contributed by atoms with Gasteiger partial charge in [0.15, 0.2) is 4.34 Å². The zero-order valence-electron chi connectivity index (χ0n) is 14.9. The average Bonchev–Trinajstić information content (AvgIpc) is 3.12. The van der Waals surface area contributed by atoms with E-state index in [0.717, 1.165) is 4.34 Å². The Labute approximate surface area is 181 Å². The second-order valence-electron chi connectivity index (χ2n) is 6.22. The van der Waals surface area contributed by atoms with Crippen LogP contribution in [-0.4, -0.2) is 48.2 Å². The zero-order chi connectivity index (χ0) is 20.3. The highest BCUT2D eigenvalue weighted by molar-refractivity contribution is 8.00. The number of aromatic nitrogens is 2. The number of anilines is 1. The largest absolute Gasteiger partial charge is 0.300 e. The number of carbonyl (C=O) groups excluding carboxylic acids is 1. The van der Waals surface area contributed by atoms with E-state index < -0.39 is 15.9 Å². The van der Waals surface area contributed by atoms with Gasteiger partial charge in [-0.15, -0.1) is 10.2 Å². The maximum atomic E-state index is 12.9. The predicted octanol–water partition coefficient (Wildman–Crippen LogP) is 3.75. The van der Waals surface area contributed by atoms with Crippen LogP contribution in [0.2, 0.25) is 10.0 Å². The van der Waals surface area contributed by atoms with Crippen LogP contribution >= 0.6 is 46.3 Å². The maximum Gasteiger partial charge on any atom is 0.230 e. The number of sulfonamides is 1. The van der Waals surface area contributed by atoms with Crippen LogP contribution < -0.4 is 5.32 Å². The fraction of sp³-hybridized carbons (Fsp3) is 0.438. The van der Waals surface area contributed by atoms with Crippen LogP contribution in [-0.2, 0) is 20.6 Å². The van der Waals surface area contributed by atoms with Gasteiger partial charge < -0.3 is 5.32 Å². The van der Waals surface area contributed by atoms with E-state index in [4.69, 9.17) is 23.2 Å². The molecule has 0 unspecified atom stereocenters. The molecule has 7 nitrogen and oxygen atoms in total. The summed E-state index contributed by atoms with van der Waals surface area (Å²) in [7, 11) is -3.66. The summed E-state index contributed by atoms with van der Waals surface area (Å²) in [6.07, 6.45) is 3.08. The van der Waals surface area contributed by atoms with Crippen molar-refractivity contribution in [2.24, 2.45) is 5.92 Å². The first-order valence-corrected chi connectivity index (χ1v) is 12.8. The number of nitrogens with zero attached hydrogens (tertiary/aromatic N) is 3. The molecular weight excluding hydrogens is 463 g/mol. The monoisotopic (exact) mass is 480 g/mol. The van der Waals surface area contributed by atoms with Crippen LogP contribution in [0.25, 0.3) is 0 Å². The van der Waals surface area contributed by atoms with Crippen LogP contribution in [0, 0.1) is 5.92 Å². The molecule has 1 aromatic heterocycles. The van der Waals surface area contributed by atoms with E-state index in [2.05, 4.69) is 15.5 Å². The van der Waals surface area contributed by atoms with Gasteiger partial charge in [-0.2, -0.15) is 0 Å². The molecule has 2 heterocycles. The molecule has 0 radical (unpaired) electrons. The summed E-state index contributed by atoms with van der Waals surface area (Å²) in [5.41, 5.74) is 0.371. The fourth-order valence-electron chi connectivity index (χ4n) is 2.90. The lowest BCUT2D eigenvalue weighted by Gasteiger charge is -2.31. The van der Waals surface area contributed by atoms with E-state index in [0.29, 0.717) is 40.1 Å². The molecule has 1 aromatic carbocycles. The molecule has 12 heteroatoms. The third-order valence-electron chi connectivity index (χ3n) is 4.35. The Bertz CT molecular complexity index is 948. The van der Waals surface area contributed by atoms with Gasteiger partial charge in [-0.1, -0.05) is 52.4 Å². The first kappa shape index (κ1) is 21.8.